The SMILES string of the molecule is CC1C2CCCN2CCN1Cc1ccc(Cl)c(Cl)c1. The minimum Gasteiger partial charge on any atom is -0.298 e. The van der Waals surface area contributed by atoms with E-state index in [4.69, 9.17) is 23.2 Å². The van der Waals surface area contributed by atoms with Gasteiger partial charge in [0.15, 0.2) is 0 Å². The lowest BCUT2D eigenvalue weighted by molar-refractivity contribution is 0.0470. The molecule has 2 heterocycles. The summed E-state index contributed by atoms with van der Waals surface area (Å²) in [6.45, 7) is 6.98. The fraction of sp³-hybridized carbons (Fsp3) is 0.600. The smallest absolute Gasteiger partial charge is 0.0595 e. The second-order valence-electron chi connectivity index (χ2n) is 5.71. The molecule has 2 nitrogen and oxygen atoms in total. The predicted octanol–water partition coefficient (Wildman–Crippen LogP) is 3.66. The van der Waals surface area contributed by atoms with Gasteiger partial charge in [0.2, 0.25) is 0 Å². The van der Waals surface area contributed by atoms with Crippen molar-refractivity contribution in [2.24, 2.45) is 0 Å². The zero-order chi connectivity index (χ0) is 13.4. The minimum absolute atomic E-state index is 0.630. The molecule has 0 aliphatic carbocycles. The highest BCUT2D eigenvalue weighted by Crippen LogP contribution is 2.29. The zero-order valence-corrected chi connectivity index (χ0v) is 12.8. The van der Waals surface area contributed by atoms with Gasteiger partial charge in [0, 0.05) is 31.7 Å². The molecular weight excluding hydrogens is 279 g/mol. The molecule has 19 heavy (non-hydrogen) atoms. The van der Waals surface area contributed by atoms with E-state index >= 15 is 0 Å². The molecule has 1 aromatic carbocycles. The zero-order valence-electron chi connectivity index (χ0n) is 11.3. The number of piperazine rings is 1. The molecule has 2 aliphatic rings. The van der Waals surface area contributed by atoms with Crippen LogP contribution < -0.4 is 0 Å². The largest absolute Gasteiger partial charge is 0.298 e. The van der Waals surface area contributed by atoms with Crippen molar-refractivity contribution in [3.8, 4) is 0 Å². The van der Waals surface area contributed by atoms with Crippen LogP contribution in [0.15, 0.2) is 18.2 Å². The van der Waals surface area contributed by atoms with E-state index in [1.807, 2.05) is 12.1 Å². The Bertz CT molecular complexity index is 463. The Labute approximate surface area is 125 Å². The van der Waals surface area contributed by atoms with Crippen LogP contribution in [0.5, 0.6) is 0 Å². The van der Waals surface area contributed by atoms with Crippen LogP contribution in [0, 0.1) is 0 Å². The average Bonchev–Trinajstić information content (AvgIpc) is 2.86. The van der Waals surface area contributed by atoms with Gasteiger partial charge in [0.1, 0.15) is 0 Å². The third-order valence-corrected chi connectivity index (χ3v) is 5.33. The van der Waals surface area contributed by atoms with E-state index in [1.54, 1.807) is 0 Å². The van der Waals surface area contributed by atoms with Crippen LogP contribution in [0.3, 0.4) is 0 Å². The van der Waals surface area contributed by atoms with Crippen molar-refractivity contribution in [1.82, 2.24) is 9.80 Å². The molecule has 0 aromatic heterocycles. The minimum atomic E-state index is 0.630. The molecule has 0 amide bonds. The van der Waals surface area contributed by atoms with Gasteiger partial charge in [-0.25, -0.2) is 0 Å². The standard InChI is InChI=1S/C15H20Cl2N2/c1-11-15-3-2-6-18(15)7-8-19(11)10-12-4-5-13(16)14(17)9-12/h4-5,9,11,15H,2-3,6-8,10H2,1H3. The lowest BCUT2D eigenvalue weighted by Gasteiger charge is -2.43. The number of nitrogens with zero attached hydrogens (tertiary/aromatic N) is 2. The Morgan fingerprint density at radius 3 is 2.79 bits per heavy atom. The van der Waals surface area contributed by atoms with E-state index in [2.05, 4.69) is 22.8 Å². The van der Waals surface area contributed by atoms with Gasteiger partial charge in [-0.15, -0.1) is 0 Å². The van der Waals surface area contributed by atoms with Crippen molar-refractivity contribution in [1.29, 1.82) is 0 Å². The summed E-state index contributed by atoms with van der Waals surface area (Å²) in [7, 11) is 0. The lowest BCUT2D eigenvalue weighted by atomic mass is 10.0. The van der Waals surface area contributed by atoms with E-state index in [0.717, 1.165) is 19.1 Å². The van der Waals surface area contributed by atoms with E-state index in [-0.39, 0.29) is 0 Å². The van der Waals surface area contributed by atoms with E-state index < -0.39 is 0 Å². The van der Waals surface area contributed by atoms with Crippen molar-refractivity contribution < 1.29 is 0 Å². The summed E-state index contributed by atoms with van der Waals surface area (Å²) in [6.07, 6.45) is 2.70. The van der Waals surface area contributed by atoms with Gasteiger partial charge in [0.05, 0.1) is 10.0 Å². The molecule has 2 aliphatic heterocycles. The first-order valence-corrected chi connectivity index (χ1v) is 7.83. The summed E-state index contributed by atoms with van der Waals surface area (Å²) in [6, 6.07) is 7.36. The molecule has 2 unspecified atom stereocenters. The lowest BCUT2D eigenvalue weighted by Crippen LogP contribution is -2.55. The molecule has 0 spiro atoms. The second-order valence-corrected chi connectivity index (χ2v) is 6.52. The molecule has 0 N–H and O–H groups in total. The Balaban J connectivity index is 1.70. The van der Waals surface area contributed by atoms with E-state index in [1.165, 1.54) is 31.5 Å². The summed E-state index contributed by atoms with van der Waals surface area (Å²) in [5.41, 5.74) is 1.26. The van der Waals surface area contributed by atoms with Crippen molar-refractivity contribution in [2.75, 3.05) is 19.6 Å². The summed E-state index contributed by atoms with van der Waals surface area (Å²) in [5.74, 6) is 0. The van der Waals surface area contributed by atoms with Gasteiger partial charge in [-0.05, 0) is 44.0 Å². The fourth-order valence-corrected chi connectivity index (χ4v) is 3.80. The maximum atomic E-state index is 6.10. The van der Waals surface area contributed by atoms with E-state index in [9.17, 15) is 0 Å². The van der Waals surface area contributed by atoms with Gasteiger partial charge >= 0.3 is 0 Å². The number of hydrogen-bond donors (Lipinski definition) is 0. The van der Waals surface area contributed by atoms with Gasteiger partial charge in [0.25, 0.3) is 0 Å². The van der Waals surface area contributed by atoms with Crippen LogP contribution in [-0.2, 0) is 6.54 Å². The highest BCUT2D eigenvalue weighted by molar-refractivity contribution is 6.42. The topological polar surface area (TPSA) is 6.48 Å². The number of rotatable bonds is 2. The summed E-state index contributed by atoms with van der Waals surface area (Å²) >= 11 is 12.1. The highest BCUT2D eigenvalue weighted by Gasteiger charge is 2.36. The van der Waals surface area contributed by atoms with Crippen LogP contribution in [-0.4, -0.2) is 41.5 Å². The van der Waals surface area contributed by atoms with Gasteiger partial charge < -0.3 is 0 Å². The summed E-state index contributed by atoms with van der Waals surface area (Å²) in [5, 5.41) is 1.30. The Morgan fingerprint density at radius 1 is 1.16 bits per heavy atom. The first kappa shape index (κ1) is 13.7. The van der Waals surface area contributed by atoms with Crippen LogP contribution in [0.25, 0.3) is 0 Å². The third-order valence-electron chi connectivity index (χ3n) is 4.59. The number of halogens is 2. The van der Waals surface area contributed by atoms with Crippen molar-refractivity contribution in [3.63, 3.8) is 0 Å². The predicted molar refractivity (Wildman–Crippen MR) is 80.9 cm³/mol. The van der Waals surface area contributed by atoms with Crippen LogP contribution in [0.1, 0.15) is 25.3 Å². The summed E-state index contributed by atoms with van der Waals surface area (Å²) < 4.78 is 0. The number of fused-ring (bicyclic) bond motifs is 1. The molecule has 1 aromatic rings. The number of hydrogen-bond acceptors (Lipinski definition) is 2. The van der Waals surface area contributed by atoms with Crippen LogP contribution >= 0.6 is 23.2 Å². The molecule has 104 valence electrons. The Hall–Kier alpha value is -0.280. The monoisotopic (exact) mass is 298 g/mol. The van der Waals surface area contributed by atoms with Crippen molar-refractivity contribution in [3.05, 3.63) is 33.8 Å². The molecular formula is C15H20Cl2N2. The second kappa shape index (κ2) is 5.61. The molecule has 2 atom stereocenters. The maximum absolute atomic E-state index is 6.10. The third kappa shape index (κ3) is 2.78. The van der Waals surface area contributed by atoms with E-state index in [0.29, 0.717) is 16.1 Å². The molecule has 2 fully saturated rings. The van der Waals surface area contributed by atoms with Gasteiger partial charge in [-0.2, -0.15) is 0 Å². The number of benzene rings is 1. The maximum Gasteiger partial charge on any atom is 0.0595 e. The first-order valence-electron chi connectivity index (χ1n) is 7.07. The molecule has 2 saturated heterocycles. The fourth-order valence-electron chi connectivity index (χ4n) is 3.48. The van der Waals surface area contributed by atoms with Gasteiger partial charge in [-0.3, -0.25) is 9.80 Å². The molecule has 3 rings (SSSR count). The highest BCUT2D eigenvalue weighted by atomic mass is 35.5. The molecule has 0 radical (unpaired) electrons. The normalized spacial score (nSPS) is 28.6. The van der Waals surface area contributed by atoms with Crippen molar-refractivity contribution in [2.45, 2.75) is 38.4 Å². The van der Waals surface area contributed by atoms with Crippen LogP contribution in [0.4, 0.5) is 0 Å². The van der Waals surface area contributed by atoms with Crippen molar-refractivity contribution >= 4 is 23.2 Å². The molecule has 0 saturated carbocycles. The summed E-state index contributed by atoms with van der Waals surface area (Å²) in [4.78, 5) is 5.22. The van der Waals surface area contributed by atoms with Gasteiger partial charge in [-0.1, -0.05) is 29.3 Å². The molecule has 0 bridgehead atoms. The Morgan fingerprint density at radius 2 is 2.00 bits per heavy atom. The van der Waals surface area contributed by atoms with Crippen LogP contribution in [0.2, 0.25) is 10.0 Å². The first-order chi connectivity index (χ1) is 9.15. The Kier molecular flexibility index (Phi) is 4.04. The quantitative estimate of drug-likeness (QED) is 0.822. The molecule has 4 heteroatoms. The average molecular weight is 299 g/mol.